The Balaban J connectivity index is 3.28. The lowest BCUT2D eigenvalue weighted by Crippen LogP contribution is -2.38. The van der Waals surface area contributed by atoms with Crippen molar-refractivity contribution < 1.29 is 15.3 Å². The third-order valence-corrected chi connectivity index (χ3v) is 2.74. The van der Waals surface area contributed by atoms with Crippen molar-refractivity contribution in [1.82, 2.24) is 0 Å². The number of rotatable bonds is 8. The maximum atomic E-state index is 8.71. The molecule has 0 radical (unpaired) electrons. The largest absolute Gasteiger partial charge is 0.342 e. The summed E-state index contributed by atoms with van der Waals surface area (Å²) in [6.07, 6.45) is 7.09. The standard InChI is InChI=1S/C10H21ClO3/c1-2-3-4-5-6-7-8-9(11)10(12,13)14/h9,12-14H,2-8H2,1H3. The predicted molar refractivity (Wildman–Crippen MR) is 57.0 cm³/mol. The molecule has 0 amide bonds. The van der Waals surface area contributed by atoms with Crippen LogP contribution in [0.1, 0.15) is 51.9 Å². The Morgan fingerprint density at radius 1 is 1.00 bits per heavy atom. The summed E-state index contributed by atoms with van der Waals surface area (Å²) >= 11 is 5.55. The summed E-state index contributed by atoms with van der Waals surface area (Å²) in [5.74, 6) is -2.73. The molecular formula is C10H21ClO3. The van der Waals surface area contributed by atoms with Crippen LogP contribution in [-0.2, 0) is 0 Å². The lowest BCUT2D eigenvalue weighted by atomic mass is 10.1. The minimum atomic E-state index is -2.73. The van der Waals surface area contributed by atoms with Crippen molar-refractivity contribution >= 4 is 11.6 Å². The van der Waals surface area contributed by atoms with Crippen molar-refractivity contribution in [3.8, 4) is 0 Å². The van der Waals surface area contributed by atoms with E-state index in [9.17, 15) is 0 Å². The first-order valence-electron chi connectivity index (χ1n) is 5.29. The van der Waals surface area contributed by atoms with Crippen molar-refractivity contribution in [3.05, 3.63) is 0 Å². The average molecular weight is 225 g/mol. The van der Waals surface area contributed by atoms with Crippen LogP contribution in [0, 0.1) is 0 Å². The van der Waals surface area contributed by atoms with E-state index in [1.807, 2.05) is 0 Å². The lowest BCUT2D eigenvalue weighted by molar-refractivity contribution is -0.311. The van der Waals surface area contributed by atoms with Gasteiger partial charge in [0.15, 0.2) is 0 Å². The molecule has 4 heteroatoms. The zero-order chi connectivity index (χ0) is 11.0. The Morgan fingerprint density at radius 2 is 1.50 bits per heavy atom. The van der Waals surface area contributed by atoms with Crippen molar-refractivity contribution in [2.45, 2.75) is 63.2 Å². The molecule has 0 saturated carbocycles. The van der Waals surface area contributed by atoms with E-state index < -0.39 is 11.4 Å². The van der Waals surface area contributed by atoms with Gasteiger partial charge in [0, 0.05) is 0 Å². The van der Waals surface area contributed by atoms with Gasteiger partial charge >= 0.3 is 0 Å². The molecule has 0 aromatic heterocycles. The molecule has 86 valence electrons. The Kier molecular flexibility index (Phi) is 7.55. The average Bonchev–Trinajstić information content (AvgIpc) is 2.09. The van der Waals surface area contributed by atoms with Crippen LogP contribution in [-0.4, -0.2) is 26.7 Å². The maximum absolute atomic E-state index is 8.71. The van der Waals surface area contributed by atoms with Crippen LogP contribution in [0.15, 0.2) is 0 Å². The van der Waals surface area contributed by atoms with Gasteiger partial charge in [-0.15, -0.1) is 11.6 Å². The van der Waals surface area contributed by atoms with Gasteiger partial charge in [-0.05, 0) is 6.42 Å². The van der Waals surface area contributed by atoms with E-state index in [0.29, 0.717) is 6.42 Å². The summed E-state index contributed by atoms with van der Waals surface area (Å²) < 4.78 is 0. The molecule has 0 saturated heterocycles. The second kappa shape index (κ2) is 7.46. The minimum absolute atomic E-state index is 0.428. The van der Waals surface area contributed by atoms with Gasteiger partial charge in [0.2, 0.25) is 0 Å². The summed E-state index contributed by atoms with van der Waals surface area (Å²) in [6.45, 7) is 2.16. The smallest absolute Gasteiger partial charge is 0.292 e. The fourth-order valence-electron chi connectivity index (χ4n) is 1.30. The number of alkyl halides is 1. The zero-order valence-electron chi connectivity index (χ0n) is 8.75. The summed E-state index contributed by atoms with van der Waals surface area (Å²) in [5, 5.41) is 25.1. The molecule has 0 fully saturated rings. The van der Waals surface area contributed by atoms with Gasteiger partial charge in [-0.2, -0.15) is 0 Å². The molecule has 0 aromatic rings. The molecule has 0 bridgehead atoms. The van der Waals surface area contributed by atoms with Gasteiger partial charge < -0.3 is 15.3 Å². The first-order valence-corrected chi connectivity index (χ1v) is 5.73. The molecule has 3 nitrogen and oxygen atoms in total. The third kappa shape index (κ3) is 7.56. The van der Waals surface area contributed by atoms with E-state index in [1.165, 1.54) is 19.3 Å². The summed E-state index contributed by atoms with van der Waals surface area (Å²) in [7, 11) is 0. The number of unbranched alkanes of at least 4 members (excludes halogenated alkanes) is 5. The number of aliphatic hydroxyl groups is 3. The fourth-order valence-corrected chi connectivity index (χ4v) is 1.45. The lowest BCUT2D eigenvalue weighted by Gasteiger charge is -2.19. The van der Waals surface area contributed by atoms with Gasteiger partial charge in [0.25, 0.3) is 5.97 Å². The summed E-state index contributed by atoms with van der Waals surface area (Å²) in [6, 6.07) is 0. The third-order valence-electron chi connectivity index (χ3n) is 2.23. The molecule has 0 rings (SSSR count). The molecule has 0 aliphatic carbocycles. The number of halogens is 1. The van der Waals surface area contributed by atoms with Crippen LogP contribution in [0.4, 0.5) is 0 Å². The van der Waals surface area contributed by atoms with Crippen molar-refractivity contribution in [1.29, 1.82) is 0 Å². The first-order chi connectivity index (χ1) is 6.48. The number of hydrogen-bond acceptors (Lipinski definition) is 3. The first kappa shape index (κ1) is 14.2. The Bertz CT molecular complexity index is 134. The second-order valence-corrected chi connectivity index (χ2v) is 4.24. The van der Waals surface area contributed by atoms with Crippen LogP contribution in [0.25, 0.3) is 0 Å². The van der Waals surface area contributed by atoms with E-state index >= 15 is 0 Å². The van der Waals surface area contributed by atoms with Gasteiger partial charge in [-0.3, -0.25) is 0 Å². The van der Waals surface area contributed by atoms with Crippen LogP contribution < -0.4 is 0 Å². The molecule has 3 N–H and O–H groups in total. The van der Waals surface area contributed by atoms with Crippen LogP contribution in [0.5, 0.6) is 0 Å². The molecule has 0 aliphatic rings. The van der Waals surface area contributed by atoms with E-state index in [4.69, 9.17) is 26.9 Å². The van der Waals surface area contributed by atoms with E-state index in [0.717, 1.165) is 19.3 Å². The van der Waals surface area contributed by atoms with Crippen LogP contribution in [0.2, 0.25) is 0 Å². The molecular weight excluding hydrogens is 204 g/mol. The molecule has 1 unspecified atom stereocenters. The fraction of sp³-hybridized carbons (Fsp3) is 1.00. The summed E-state index contributed by atoms with van der Waals surface area (Å²) in [5.41, 5.74) is 0. The Hall–Kier alpha value is 0.170. The SMILES string of the molecule is CCCCCCCCC(Cl)C(O)(O)O. The van der Waals surface area contributed by atoms with Crippen molar-refractivity contribution in [2.24, 2.45) is 0 Å². The van der Waals surface area contributed by atoms with Gasteiger partial charge in [0.1, 0.15) is 5.38 Å². The predicted octanol–water partition coefficient (Wildman–Crippen LogP) is 1.98. The van der Waals surface area contributed by atoms with Gasteiger partial charge in [0.05, 0.1) is 0 Å². The van der Waals surface area contributed by atoms with Crippen LogP contribution >= 0.6 is 11.6 Å². The van der Waals surface area contributed by atoms with E-state index in [2.05, 4.69) is 6.92 Å². The van der Waals surface area contributed by atoms with Crippen molar-refractivity contribution in [2.75, 3.05) is 0 Å². The summed E-state index contributed by atoms with van der Waals surface area (Å²) in [4.78, 5) is 0. The Morgan fingerprint density at radius 3 is 2.00 bits per heavy atom. The molecule has 0 aliphatic heterocycles. The monoisotopic (exact) mass is 224 g/mol. The quantitative estimate of drug-likeness (QED) is 0.336. The highest BCUT2D eigenvalue weighted by Gasteiger charge is 2.29. The highest BCUT2D eigenvalue weighted by Crippen LogP contribution is 2.18. The molecule has 14 heavy (non-hydrogen) atoms. The van der Waals surface area contributed by atoms with Gasteiger partial charge in [-0.1, -0.05) is 45.4 Å². The molecule has 1 atom stereocenters. The highest BCUT2D eigenvalue weighted by atomic mass is 35.5. The zero-order valence-corrected chi connectivity index (χ0v) is 9.50. The van der Waals surface area contributed by atoms with Crippen molar-refractivity contribution in [3.63, 3.8) is 0 Å². The van der Waals surface area contributed by atoms with E-state index in [-0.39, 0.29) is 0 Å². The van der Waals surface area contributed by atoms with Gasteiger partial charge in [-0.25, -0.2) is 0 Å². The normalized spacial score (nSPS) is 14.4. The number of hydrogen-bond donors (Lipinski definition) is 3. The Labute approximate surface area is 90.7 Å². The minimum Gasteiger partial charge on any atom is -0.342 e. The second-order valence-electron chi connectivity index (χ2n) is 3.71. The molecule has 0 heterocycles. The highest BCUT2D eigenvalue weighted by molar-refractivity contribution is 6.21. The molecule has 0 spiro atoms. The van der Waals surface area contributed by atoms with Crippen LogP contribution in [0.3, 0.4) is 0 Å². The van der Waals surface area contributed by atoms with E-state index in [1.54, 1.807) is 0 Å². The molecule has 0 aromatic carbocycles. The maximum Gasteiger partial charge on any atom is 0.292 e. The topological polar surface area (TPSA) is 60.7 Å².